The number of nitrogens with two attached hydrogens (primary N) is 1. The monoisotopic (exact) mass is 207 g/mol. The van der Waals surface area contributed by atoms with Crippen molar-refractivity contribution in [2.45, 2.75) is 6.61 Å². The van der Waals surface area contributed by atoms with Crippen LogP contribution in [0.25, 0.3) is 0 Å². The Kier molecular flexibility index (Phi) is 5.37. The second-order valence-corrected chi connectivity index (χ2v) is 2.27. The summed E-state index contributed by atoms with van der Waals surface area (Å²) in [5.41, 5.74) is 0.597. The molecule has 0 heterocycles. The van der Waals surface area contributed by atoms with Crippen molar-refractivity contribution in [2.75, 3.05) is 7.11 Å². The summed E-state index contributed by atoms with van der Waals surface area (Å²) in [6.45, 7) is 0.140. The normalized spacial score (nSPS) is 9.15. The van der Waals surface area contributed by atoms with E-state index in [0.717, 1.165) is 0 Å². The third kappa shape index (κ3) is 3.18. The van der Waals surface area contributed by atoms with Crippen LogP contribution in [0.1, 0.15) is 5.56 Å². The zero-order valence-electron chi connectivity index (χ0n) is 7.12. The molecule has 0 unspecified atom stereocenters. The lowest BCUT2D eigenvalue weighted by Crippen LogP contribution is -2.01. The van der Waals surface area contributed by atoms with Crippen molar-refractivity contribution in [1.82, 2.24) is 0 Å². The standard InChI is InChI=1S/C8H10FNO2.ClH/c1-11-8-3-2-7(9)4-6(8)5-12-10;/h2-4H,5,10H2,1H3;1H. The maximum absolute atomic E-state index is 12.7. The topological polar surface area (TPSA) is 44.5 Å². The third-order valence-electron chi connectivity index (χ3n) is 1.48. The number of rotatable bonds is 3. The number of hydrogen-bond acceptors (Lipinski definition) is 3. The van der Waals surface area contributed by atoms with Crippen molar-refractivity contribution in [3.63, 3.8) is 0 Å². The predicted molar refractivity (Wildman–Crippen MR) is 49.2 cm³/mol. The summed E-state index contributed by atoms with van der Waals surface area (Å²) < 4.78 is 17.6. The van der Waals surface area contributed by atoms with Crippen molar-refractivity contribution >= 4 is 12.4 Å². The molecule has 0 saturated heterocycles. The lowest BCUT2D eigenvalue weighted by atomic mass is 10.2. The maximum Gasteiger partial charge on any atom is 0.124 e. The molecule has 3 nitrogen and oxygen atoms in total. The highest BCUT2D eigenvalue weighted by Crippen LogP contribution is 2.19. The summed E-state index contributed by atoms with van der Waals surface area (Å²) in [6.07, 6.45) is 0. The molecule has 13 heavy (non-hydrogen) atoms. The summed E-state index contributed by atoms with van der Waals surface area (Å²) in [7, 11) is 1.51. The van der Waals surface area contributed by atoms with E-state index in [1.807, 2.05) is 0 Å². The number of halogens is 2. The molecule has 0 radical (unpaired) electrons. The highest BCUT2D eigenvalue weighted by Gasteiger charge is 2.03. The molecule has 0 aliphatic carbocycles. The molecular formula is C8H11ClFNO2. The van der Waals surface area contributed by atoms with E-state index in [9.17, 15) is 4.39 Å². The largest absolute Gasteiger partial charge is 0.496 e. The van der Waals surface area contributed by atoms with Crippen LogP contribution in [0.4, 0.5) is 4.39 Å². The van der Waals surface area contributed by atoms with Crippen molar-refractivity contribution in [3.8, 4) is 5.75 Å². The Balaban J connectivity index is 0.00000144. The van der Waals surface area contributed by atoms with Crippen LogP contribution in [0, 0.1) is 5.82 Å². The van der Waals surface area contributed by atoms with E-state index in [2.05, 4.69) is 4.84 Å². The molecule has 0 bridgehead atoms. The van der Waals surface area contributed by atoms with Gasteiger partial charge >= 0.3 is 0 Å². The summed E-state index contributed by atoms with van der Waals surface area (Å²) in [6, 6.07) is 4.17. The van der Waals surface area contributed by atoms with Crippen LogP contribution in [-0.4, -0.2) is 7.11 Å². The number of hydrogen-bond donors (Lipinski definition) is 1. The van der Waals surface area contributed by atoms with Crippen molar-refractivity contribution < 1.29 is 14.0 Å². The van der Waals surface area contributed by atoms with Gasteiger partial charge in [0.2, 0.25) is 0 Å². The quantitative estimate of drug-likeness (QED) is 0.767. The fourth-order valence-corrected chi connectivity index (χ4v) is 0.950. The van der Waals surface area contributed by atoms with Crippen molar-refractivity contribution in [3.05, 3.63) is 29.6 Å². The molecule has 74 valence electrons. The van der Waals surface area contributed by atoms with E-state index in [1.165, 1.54) is 25.3 Å². The van der Waals surface area contributed by atoms with E-state index in [4.69, 9.17) is 10.6 Å². The third-order valence-corrected chi connectivity index (χ3v) is 1.48. The maximum atomic E-state index is 12.7. The van der Waals surface area contributed by atoms with Gasteiger partial charge in [-0.05, 0) is 18.2 Å². The number of benzene rings is 1. The van der Waals surface area contributed by atoms with Gasteiger partial charge in [-0.2, -0.15) is 0 Å². The van der Waals surface area contributed by atoms with E-state index >= 15 is 0 Å². The average Bonchev–Trinajstić information content (AvgIpc) is 2.05. The number of ether oxygens (including phenoxy) is 1. The fraction of sp³-hybridized carbons (Fsp3) is 0.250. The van der Waals surface area contributed by atoms with Crippen LogP contribution in [-0.2, 0) is 11.4 Å². The molecule has 0 saturated carbocycles. The van der Waals surface area contributed by atoms with Gasteiger partial charge in [-0.3, -0.25) is 4.84 Å². The molecule has 0 amide bonds. The summed E-state index contributed by atoms with van der Waals surface area (Å²) in [5.74, 6) is 5.10. The zero-order valence-corrected chi connectivity index (χ0v) is 7.94. The Hall–Kier alpha value is -0.840. The van der Waals surface area contributed by atoms with Gasteiger partial charge in [-0.1, -0.05) is 0 Å². The molecule has 0 fully saturated rings. The fourth-order valence-electron chi connectivity index (χ4n) is 0.950. The van der Waals surface area contributed by atoms with E-state index in [-0.39, 0.29) is 24.8 Å². The van der Waals surface area contributed by atoms with E-state index in [1.54, 1.807) is 0 Å². The second kappa shape index (κ2) is 5.75. The van der Waals surface area contributed by atoms with E-state index in [0.29, 0.717) is 11.3 Å². The SMILES string of the molecule is COc1ccc(F)cc1CON.Cl. The molecule has 1 aromatic carbocycles. The zero-order chi connectivity index (χ0) is 8.97. The molecule has 0 aliphatic heterocycles. The molecule has 2 N–H and O–H groups in total. The Morgan fingerprint density at radius 1 is 1.46 bits per heavy atom. The Morgan fingerprint density at radius 3 is 2.69 bits per heavy atom. The van der Waals surface area contributed by atoms with Crippen LogP contribution < -0.4 is 10.6 Å². The molecule has 5 heteroatoms. The first-order valence-corrected chi connectivity index (χ1v) is 3.42. The predicted octanol–water partition coefficient (Wildman–Crippen LogP) is 1.65. The van der Waals surface area contributed by atoms with Crippen LogP contribution in [0.3, 0.4) is 0 Å². The Labute approximate surface area is 82.0 Å². The average molecular weight is 208 g/mol. The van der Waals surface area contributed by atoms with Gasteiger partial charge in [0.25, 0.3) is 0 Å². The molecule has 0 spiro atoms. The van der Waals surface area contributed by atoms with Gasteiger partial charge in [0.05, 0.1) is 13.7 Å². The first-order chi connectivity index (χ1) is 5.77. The minimum absolute atomic E-state index is 0. The minimum atomic E-state index is -0.331. The van der Waals surface area contributed by atoms with Crippen molar-refractivity contribution in [1.29, 1.82) is 0 Å². The van der Waals surface area contributed by atoms with Crippen molar-refractivity contribution in [2.24, 2.45) is 5.90 Å². The Bertz CT molecular complexity index is 270. The first kappa shape index (κ1) is 12.2. The molecule has 0 atom stereocenters. The summed E-state index contributed by atoms with van der Waals surface area (Å²) >= 11 is 0. The van der Waals surface area contributed by atoms with Crippen LogP contribution >= 0.6 is 12.4 Å². The first-order valence-electron chi connectivity index (χ1n) is 3.42. The molecular weight excluding hydrogens is 197 g/mol. The van der Waals surface area contributed by atoms with Gasteiger partial charge in [-0.15, -0.1) is 12.4 Å². The van der Waals surface area contributed by atoms with Gasteiger partial charge in [0, 0.05) is 5.56 Å². The number of methoxy groups -OCH3 is 1. The van der Waals surface area contributed by atoms with Gasteiger partial charge < -0.3 is 4.74 Å². The van der Waals surface area contributed by atoms with Crippen LogP contribution in [0.2, 0.25) is 0 Å². The Morgan fingerprint density at radius 2 is 2.15 bits per heavy atom. The summed E-state index contributed by atoms with van der Waals surface area (Å²) in [5, 5.41) is 0. The lowest BCUT2D eigenvalue weighted by molar-refractivity contribution is 0.122. The smallest absolute Gasteiger partial charge is 0.124 e. The van der Waals surface area contributed by atoms with Crippen LogP contribution in [0.15, 0.2) is 18.2 Å². The molecule has 1 aromatic rings. The summed E-state index contributed by atoms with van der Waals surface area (Å²) in [4.78, 5) is 4.38. The van der Waals surface area contributed by atoms with E-state index < -0.39 is 0 Å². The molecule has 0 aliphatic rings. The second-order valence-electron chi connectivity index (χ2n) is 2.27. The highest BCUT2D eigenvalue weighted by atomic mass is 35.5. The minimum Gasteiger partial charge on any atom is -0.496 e. The van der Waals surface area contributed by atoms with Gasteiger partial charge in [0.1, 0.15) is 11.6 Å². The molecule has 1 rings (SSSR count). The molecule has 0 aromatic heterocycles. The lowest BCUT2D eigenvalue weighted by Gasteiger charge is -2.06. The van der Waals surface area contributed by atoms with Crippen LogP contribution in [0.5, 0.6) is 5.75 Å². The highest BCUT2D eigenvalue weighted by molar-refractivity contribution is 5.85. The van der Waals surface area contributed by atoms with Gasteiger partial charge in [0.15, 0.2) is 0 Å². The van der Waals surface area contributed by atoms with Gasteiger partial charge in [-0.25, -0.2) is 10.3 Å².